The van der Waals surface area contributed by atoms with Gasteiger partial charge in [0.05, 0.1) is 22.3 Å². The highest BCUT2D eigenvalue weighted by atomic mass is 32.1. The molecule has 132 valence electrons. The predicted octanol–water partition coefficient (Wildman–Crippen LogP) is 3.73. The van der Waals surface area contributed by atoms with Crippen molar-refractivity contribution in [2.75, 3.05) is 4.90 Å². The molecule has 1 aromatic heterocycles. The van der Waals surface area contributed by atoms with Crippen molar-refractivity contribution < 1.29 is 23.8 Å². The largest absolute Gasteiger partial charge is 0.481 e. The summed E-state index contributed by atoms with van der Waals surface area (Å²) in [7, 11) is 0. The minimum absolute atomic E-state index is 0.336. The second-order valence-corrected chi connectivity index (χ2v) is 7.13. The van der Waals surface area contributed by atoms with Gasteiger partial charge in [0.15, 0.2) is 10.7 Å². The topological polar surface area (TPSA) is 79.7 Å². The molecule has 8 heteroatoms. The minimum atomic E-state index is -1.57. The summed E-state index contributed by atoms with van der Waals surface area (Å²) in [6.07, 6.45) is -0.490. The molecular weight excluding hydrogens is 359 g/mol. The molecule has 0 bridgehead atoms. The number of hydrogen-bond acceptors (Lipinski definition) is 5. The van der Waals surface area contributed by atoms with E-state index in [2.05, 4.69) is 4.98 Å². The lowest BCUT2D eigenvalue weighted by molar-refractivity contribution is -0.148. The molecule has 4 rings (SSSR count). The molecule has 6 nitrogen and oxygen atoms in total. The van der Waals surface area contributed by atoms with Crippen molar-refractivity contribution in [1.82, 2.24) is 4.98 Å². The molecule has 1 atom stereocenters. The predicted molar refractivity (Wildman–Crippen MR) is 94.5 cm³/mol. The van der Waals surface area contributed by atoms with Crippen LogP contribution in [0.5, 0.6) is 5.75 Å². The summed E-state index contributed by atoms with van der Waals surface area (Å²) in [6, 6.07) is 11.0. The van der Waals surface area contributed by atoms with Crippen LogP contribution in [-0.4, -0.2) is 27.6 Å². The van der Waals surface area contributed by atoms with E-state index in [-0.39, 0.29) is 0 Å². The molecular formula is C18H13FN2O4S. The maximum Gasteiger partial charge on any atom is 0.307 e. The number of carboxylic acids is 1. The summed E-state index contributed by atoms with van der Waals surface area (Å²) in [5.74, 6) is -1.68. The molecule has 0 saturated heterocycles. The van der Waals surface area contributed by atoms with Gasteiger partial charge in [0.1, 0.15) is 11.6 Å². The van der Waals surface area contributed by atoms with Crippen LogP contribution < -0.4 is 9.64 Å². The molecule has 1 aliphatic rings. The summed E-state index contributed by atoms with van der Waals surface area (Å²) < 4.78 is 19.8. The fraction of sp³-hybridized carbons (Fsp3) is 0.167. The smallest absolute Gasteiger partial charge is 0.307 e. The molecule has 0 fully saturated rings. The van der Waals surface area contributed by atoms with E-state index in [0.717, 1.165) is 11.3 Å². The van der Waals surface area contributed by atoms with Gasteiger partial charge in [-0.25, -0.2) is 14.3 Å². The first-order chi connectivity index (χ1) is 12.4. The first-order valence-corrected chi connectivity index (χ1v) is 8.59. The van der Waals surface area contributed by atoms with Crippen LogP contribution in [0.4, 0.5) is 15.2 Å². The fourth-order valence-electron chi connectivity index (χ4n) is 2.93. The van der Waals surface area contributed by atoms with Gasteiger partial charge in [0.25, 0.3) is 5.91 Å². The van der Waals surface area contributed by atoms with E-state index < -0.39 is 29.7 Å². The number of aromatic nitrogens is 1. The lowest BCUT2D eigenvalue weighted by atomic mass is 9.97. The van der Waals surface area contributed by atoms with E-state index in [4.69, 9.17) is 4.74 Å². The molecule has 1 aliphatic heterocycles. The van der Waals surface area contributed by atoms with E-state index in [1.54, 1.807) is 24.3 Å². The standard InChI is InChI=1S/C18H13FN2O4S/c1-18(9-15(22)23)16(24)21(12-4-2-3-5-13(12)25-18)17-20-11-7-6-10(19)8-14(11)26-17/h2-8H,9H2,1H3,(H,22,23). The Kier molecular flexibility index (Phi) is 3.66. The highest BCUT2D eigenvalue weighted by Gasteiger charge is 2.47. The van der Waals surface area contributed by atoms with E-state index >= 15 is 0 Å². The van der Waals surface area contributed by atoms with Crippen molar-refractivity contribution in [3.63, 3.8) is 0 Å². The van der Waals surface area contributed by atoms with Gasteiger partial charge in [-0.1, -0.05) is 23.5 Å². The number of carboxylic acid groups (broad SMARTS) is 1. The molecule has 0 spiro atoms. The first-order valence-electron chi connectivity index (χ1n) is 7.78. The van der Waals surface area contributed by atoms with Crippen molar-refractivity contribution in [2.45, 2.75) is 18.9 Å². The number of ether oxygens (including phenoxy) is 1. The molecule has 1 amide bonds. The zero-order chi connectivity index (χ0) is 18.5. The van der Waals surface area contributed by atoms with Gasteiger partial charge in [-0.3, -0.25) is 9.59 Å². The number of hydrogen-bond donors (Lipinski definition) is 1. The van der Waals surface area contributed by atoms with E-state index in [0.29, 0.717) is 26.8 Å². The Labute approximate surface area is 151 Å². The number of carbonyl (C=O) groups excluding carboxylic acids is 1. The van der Waals surface area contributed by atoms with E-state index in [1.165, 1.54) is 30.0 Å². The fourth-order valence-corrected chi connectivity index (χ4v) is 3.94. The van der Waals surface area contributed by atoms with Gasteiger partial charge < -0.3 is 9.84 Å². The number of aliphatic carboxylic acids is 1. The molecule has 0 radical (unpaired) electrons. The van der Waals surface area contributed by atoms with Crippen LogP contribution in [0.15, 0.2) is 42.5 Å². The zero-order valence-corrected chi connectivity index (χ0v) is 14.4. The Morgan fingerprint density at radius 1 is 1.35 bits per heavy atom. The molecule has 2 aromatic carbocycles. The molecule has 1 N–H and O–H groups in total. The monoisotopic (exact) mass is 372 g/mol. The molecule has 2 heterocycles. The van der Waals surface area contributed by atoms with Crippen LogP contribution in [-0.2, 0) is 9.59 Å². The van der Waals surface area contributed by atoms with Gasteiger partial charge in [0.2, 0.25) is 0 Å². The summed E-state index contributed by atoms with van der Waals surface area (Å²) in [4.78, 5) is 30.1. The molecule has 26 heavy (non-hydrogen) atoms. The lowest BCUT2D eigenvalue weighted by Crippen LogP contribution is -2.53. The number of fused-ring (bicyclic) bond motifs is 2. The highest BCUT2D eigenvalue weighted by molar-refractivity contribution is 7.22. The van der Waals surface area contributed by atoms with Crippen LogP contribution in [0.3, 0.4) is 0 Å². The van der Waals surface area contributed by atoms with Crippen LogP contribution in [0.2, 0.25) is 0 Å². The van der Waals surface area contributed by atoms with Crippen LogP contribution in [0.25, 0.3) is 10.2 Å². The maximum atomic E-state index is 13.5. The normalized spacial score (nSPS) is 19.3. The number of rotatable bonds is 3. The number of thiazole rings is 1. The number of amides is 1. The summed E-state index contributed by atoms with van der Waals surface area (Å²) in [5, 5.41) is 9.53. The van der Waals surface area contributed by atoms with Crippen molar-refractivity contribution in [1.29, 1.82) is 0 Å². The molecule has 1 unspecified atom stereocenters. The number of anilines is 2. The number of para-hydroxylation sites is 2. The Hall–Kier alpha value is -3.00. The number of halogens is 1. The van der Waals surface area contributed by atoms with Gasteiger partial charge in [-0.15, -0.1) is 0 Å². The molecule has 0 aliphatic carbocycles. The second kappa shape index (κ2) is 5.77. The van der Waals surface area contributed by atoms with Gasteiger partial charge >= 0.3 is 5.97 Å². The van der Waals surface area contributed by atoms with Gasteiger partial charge in [0, 0.05) is 0 Å². The third-order valence-corrected chi connectivity index (χ3v) is 5.12. The van der Waals surface area contributed by atoms with Crippen molar-refractivity contribution in [2.24, 2.45) is 0 Å². The number of benzene rings is 2. The molecule has 0 saturated carbocycles. The Morgan fingerprint density at radius 2 is 2.12 bits per heavy atom. The zero-order valence-electron chi connectivity index (χ0n) is 13.6. The minimum Gasteiger partial charge on any atom is -0.481 e. The van der Waals surface area contributed by atoms with E-state index in [9.17, 15) is 19.1 Å². The van der Waals surface area contributed by atoms with Crippen LogP contribution in [0, 0.1) is 5.82 Å². The summed E-state index contributed by atoms with van der Waals surface area (Å²) >= 11 is 1.16. The third-order valence-electron chi connectivity index (χ3n) is 4.12. The van der Waals surface area contributed by atoms with Crippen molar-refractivity contribution in [3.8, 4) is 5.75 Å². The SMILES string of the molecule is CC1(CC(=O)O)Oc2ccccc2N(c2nc3ccc(F)cc3s2)C1=O. The average Bonchev–Trinajstić information content (AvgIpc) is 2.97. The number of nitrogens with zero attached hydrogens (tertiary/aromatic N) is 2. The van der Waals surface area contributed by atoms with E-state index in [1.807, 2.05) is 0 Å². The first kappa shape index (κ1) is 16.5. The highest BCUT2D eigenvalue weighted by Crippen LogP contribution is 2.44. The van der Waals surface area contributed by atoms with Crippen molar-refractivity contribution >= 4 is 44.2 Å². The summed E-state index contributed by atoms with van der Waals surface area (Å²) in [6.45, 7) is 1.44. The van der Waals surface area contributed by atoms with Crippen LogP contribution in [0.1, 0.15) is 13.3 Å². The quantitative estimate of drug-likeness (QED) is 0.758. The van der Waals surface area contributed by atoms with Crippen molar-refractivity contribution in [3.05, 3.63) is 48.3 Å². The average molecular weight is 372 g/mol. The Bertz CT molecular complexity index is 1050. The van der Waals surface area contributed by atoms with Gasteiger partial charge in [-0.05, 0) is 37.3 Å². The maximum absolute atomic E-state index is 13.5. The van der Waals surface area contributed by atoms with Crippen LogP contribution >= 0.6 is 11.3 Å². The number of carbonyl (C=O) groups is 2. The van der Waals surface area contributed by atoms with Gasteiger partial charge in [-0.2, -0.15) is 0 Å². The Balaban J connectivity index is 1.89. The summed E-state index contributed by atoms with van der Waals surface area (Å²) in [5.41, 5.74) is -0.536. The third kappa shape index (κ3) is 2.59. The molecule has 3 aromatic rings. The second-order valence-electron chi connectivity index (χ2n) is 6.12. The Morgan fingerprint density at radius 3 is 2.88 bits per heavy atom. The lowest BCUT2D eigenvalue weighted by Gasteiger charge is -2.38.